The SMILES string of the molecule is C#Cc1ccc2c(ccc3[nH]c([C@@H]4C[C@H]5CC5N4C(=O)OC(C)(C)C)nc32)c1. The van der Waals surface area contributed by atoms with Crippen molar-refractivity contribution in [1.82, 2.24) is 14.9 Å². The fourth-order valence-corrected chi connectivity index (χ4v) is 4.35. The number of amides is 1. The number of H-pyrrole nitrogens is 1. The predicted molar refractivity (Wildman–Crippen MR) is 109 cm³/mol. The van der Waals surface area contributed by atoms with Crippen LogP contribution in [0.4, 0.5) is 4.79 Å². The number of hydrogen-bond donors (Lipinski definition) is 1. The number of benzene rings is 2. The van der Waals surface area contributed by atoms with Crippen molar-refractivity contribution in [3.8, 4) is 12.3 Å². The molecule has 3 atom stereocenters. The van der Waals surface area contributed by atoms with Crippen molar-refractivity contribution < 1.29 is 9.53 Å². The van der Waals surface area contributed by atoms with Crippen LogP contribution in [0.2, 0.25) is 0 Å². The van der Waals surface area contributed by atoms with Gasteiger partial charge in [-0.25, -0.2) is 9.78 Å². The highest BCUT2D eigenvalue weighted by molar-refractivity contribution is 6.04. The molecule has 2 aromatic carbocycles. The monoisotopic (exact) mass is 373 g/mol. The van der Waals surface area contributed by atoms with E-state index in [4.69, 9.17) is 16.1 Å². The van der Waals surface area contributed by atoms with E-state index in [9.17, 15) is 4.79 Å². The van der Waals surface area contributed by atoms with E-state index in [-0.39, 0.29) is 18.2 Å². The molecule has 1 aromatic heterocycles. The van der Waals surface area contributed by atoms with Crippen LogP contribution in [-0.4, -0.2) is 32.6 Å². The smallest absolute Gasteiger partial charge is 0.411 e. The standard InChI is InChI=1S/C23H23N3O2/c1-5-13-6-8-16-14(10-13)7-9-17-20(16)25-21(24-17)19-12-15-11-18(15)26(19)22(27)28-23(2,3)4/h1,6-10,15,18-19H,11-12H2,2-4H3,(H,24,25)/t15-,18?,19+/m1/s1. The van der Waals surface area contributed by atoms with Crippen LogP contribution in [-0.2, 0) is 4.74 Å². The second-order valence-electron chi connectivity index (χ2n) is 8.87. The van der Waals surface area contributed by atoms with Crippen LogP contribution in [0.1, 0.15) is 51.0 Å². The number of carbonyl (C=O) groups is 1. The van der Waals surface area contributed by atoms with Gasteiger partial charge in [-0.3, -0.25) is 4.90 Å². The zero-order chi connectivity index (χ0) is 19.6. The third-order valence-electron chi connectivity index (χ3n) is 5.68. The van der Waals surface area contributed by atoms with Gasteiger partial charge in [-0.05, 0) is 63.1 Å². The molecule has 2 heterocycles. The van der Waals surface area contributed by atoms with E-state index in [2.05, 4.69) is 17.0 Å². The van der Waals surface area contributed by atoms with Crippen LogP contribution in [0.3, 0.4) is 0 Å². The van der Waals surface area contributed by atoms with E-state index in [1.54, 1.807) is 0 Å². The second kappa shape index (κ2) is 5.75. The maximum atomic E-state index is 12.8. The molecule has 0 radical (unpaired) electrons. The number of nitrogens with one attached hydrogen (secondary N) is 1. The number of likely N-dealkylation sites (tertiary alicyclic amines) is 1. The lowest BCUT2D eigenvalue weighted by atomic mass is 10.1. The van der Waals surface area contributed by atoms with Crippen molar-refractivity contribution in [3.05, 3.63) is 41.7 Å². The lowest BCUT2D eigenvalue weighted by Gasteiger charge is -2.29. The molecular weight excluding hydrogens is 350 g/mol. The van der Waals surface area contributed by atoms with E-state index in [0.717, 1.165) is 46.0 Å². The van der Waals surface area contributed by atoms with Crippen molar-refractivity contribution in [2.45, 2.75) is 51.3 Å². The Kier molecular flexibility index (Phi) is 3.51. The molecule has 2 aliphatic rings. The number of nitrogens with zero attached hydrogens (tertiary/aromatic N) is 2. The number of piperidine rings is 1. The molecule has 1 unspecified atom stereocenters. The molecule has 3 aromatic rings. The fraction of sp³-hybridized carbons (Fsp3) is 0.391. The van der Waals surface area contributed by atoms with Crippen molar-refractivity contribution in [2.24, 2.45) is 5.92 Å². The van der Waals surface area contributed by atoms with Gasteiger partial charge in [-0.1, -0.05) is 18.1 Å². The second-order valence-corrected chi connectivity index (χ2v) is 8.87. The average molecular weight is 373 g/mol. The van der Waals surface area contributed by atoms with Gasteiger partial charge in [-0.2, -0.15) is 0 Å². The van der Waals surface area contributed by atoms with Gasteiger partial charge in [0, 0.05) is 17.0 Å². The highest BCUT2D eigenvalue weighted by Crippen LogP contribution is 2.53. The van der Waals surface area contributed by atoms with Gasteiger partial charge < -0.3 is 9.72 Å². The van der Waals surface area contributed by atoms with Gasteiger partial charge in [0.05, 0.1) is 17.1 Å². The molecule has 1 N–H and O–H groups in total. The van der Waals surface area contributed by atoms with Crippen molar-refractivity contribution in [3.63, 3.8) is 0 Å². The Morgan fingerprint density at radius 3 is 2.86 bits per heavy atom. The van der Waals surface area contributed by atoms with Gasteiger partial charge in [-0.15, -0.1) is 6.42 Å². The van der Waals surface area contributed by atoms with E-state index in [1.807, 2.05) is 49.9 Å². The topological polar surface area (TPSA) is 58.2 Å². The summed E-state index contributed by atoms with van der Waals surface area (Å²) in [4.78, 5) is 23.1. The molecule has 1 saturated carbocycles. The lowest BCUT2D eigenvalue weighted by Crippen LogP contribution is -2.38. The van der Waals surface area contributed by atoms with Gasteiger partial charge in [0.2, 0.25) is 0 Å². The van der Waals surface area contributed by atoms with E-state index in [0.29, 0.717) is 5.92 Å². The molecule has 142 valence electrons. The van der Waals surface area contributed by atoms with Gasteiger partial charge in [0.1, 0.15) is 11.4 Å². The quantitative estimate of drug-likeness (QED) is 0.625. The van der Waals surface area contributed by atoms with Crippen molar-refractivity contribution in [1.29, 1.82) is 0 Å². The number of hydrogen-bond acceptors (Lipinski definition) is 3. The van der Waals surface area contributed by atoms with Crippen LogP contribution in [0.15, 0.2) is 30.3 Å². The largest absolute Gasteiger partial charge is 0.444 e. The lowest BCUT2D eigenvalue weighted by molar-refractivity contribution is 0.0175. The third kappa shape index (κ3) is 2.72. The van der Waals surface area contributed by atoms with E-state index in [1.165, 1.54) is 0 Å². The predicted octanol–water partition coefficient (Wildman–Crippen LogP) is 4.77. The Balaban J connectivity index is 1.54. The number of terminal acetylenes is 1. The average Bonchev–Trinajstić information content (AvgIpc) is 3.11. The van der Waals surface area contributed by atoms with Gasteiger partial charge >= 0.3 is 6.09 Å². The first kappa shape index (κ1) is 17.1. The van der Waals surface area contributed by atoms with Crippen molar-refractivity contribution in [2.75, 3.05) is 0 Å². The molecule has 5 nitrogen and oxygen atoms in total. The minimum atomic E-state index is -0.507. The minimum absolute atomic E-state index is 0.0639. The first-order valence-corrected chi connectivity index (χ1v) is 9.74. The molecule has 0 bridgehead atoms. The summed E-state index contributed by atoms with van der Waals surface area (Å²) in [6.07, 6.45) is 7.28. The number of carbonyl (C=O) groups excluding carboxylic acids is 1. The summed E-state index contributed by atoms with van der Waals surface area (Å²) in [7, 11) is 0. The zero-order valence-electron chi connectivity index (χ0n) is 16.3. The molecule has 2 fully saturated rings. The maximum Gasteiger partial charge on any atom is 0.411 e. The summed E-state index contributed by atoms with van der Waals surface area (Å²) in [5.41, 5.74) is 2.24. The van der Waals surface area contributed by atoms with Crippen LogP contribution >= 0.6 is 0 Å². The molecule has 1 saturated heterocycles. The van der Waals surface area contributed by atoms with Crippen LogP contribution in [0, 0.1) is 18.3 Å². The number of aromatic nitrogens is 2. The summed E-state index contributed by atoms with van der Waals surface area (Å²) < 4.78 is 5.67. The molecule has 28 heavy (non-hydrogen) atoms. The van der Waals surface area contributed by atoms with Crippen LogP contribution in [0.5, 0.6) is 0 Å². The van der Waals surface area contributed by atoms with Crippen LogP contribution < -0.4 is 0 Å². The zero-order valence-corrected chi connectivity index (χ0v) is 16.3. The molecule has 5 heteroatoms. The summed E-state index contributed by atoms with van der Waals surface area (Å²) in [6, 6.07) is 10.3. The van der Waals surface area contributed by atoms with Gasteiger partial charge in [0.25, 0.3) is 0 Å². The number of rotatable bonds is 1. The summed E-state index contributed by atoms with van der Waals surface area (Å²) in [5, 5.41) is 2.13. The number of ether oxygens (including phenoxy) is 1. The molecule has 5 rings (SSSR count). The highest BCUT2D eigenvalue weighted by atomic mass is 16.6. The Hall–Kier alpha value is -3.00. The molecule has 1 aliphatic heterocycles. The third-order valence-corrected chi connectivity index (χ3v) is 5.68. The maximum absolute atomic E-state index is 12.8. The number of aromatic amines is 1. The minimum Gasteiger partial charge on any atom is -0.444 e. The molecular formula is C23H23N3O2. The Bertz CT molecular complexity index is 1150. The molecule has 1 amide bonds. The summed E-state index contributed by atoms with van der Waals surface area (Å²) in [5.74, 6) is 4.07. The Morgan fingerprint density at radius 2 is 2.11 bits per heavy atom. The number of fused-ring (bicyclic) bond motifs is 4. The first-order chi connectivity index (χ1) is 13.3. The highest BCUT2D eigenvalue weighted by Gasteiger charge is 2.56. The Morgan fingerprint density at radius 1 is 1.29 bits per heavy atom. The Labute approximate surface area is 164 Å². The van der Waals surface area contributed by atoms with Crippen molar-refractivity contribution >= 4 is 27.9 Å². The van der Waals surface area contributed by atoms with Crippen LogP contribution in [0.25, 0.3) is 21.8 Å². The molecule has 1 aliphatic carbocycles. The summed E-state index contributed by atoms with van der Waals surface area (Å²) >= 11 is 0. The molecule has 0 spiro atoms. The normalized spacial score (nSPS) is 23.6. The van der Waals surface area contributed by atoms with E-state index >= 15 is 0 Å². The van der Waals surface area contributed by atoms with E-state index < -0.39 is 5.60 Å². The fourth-order valence-electron chi connectivity index (χ4n) is 4.35. The number of imidazole rings is 1. The van der Waals surface area contributed by atoms with Gasteiger partial charge in [0.15, 0.2) is 0 Å². The summed E-state index contributed by atoms with van der Waals surface area (Å²) in [6.45, 7) is 5.70. The first-order valence-electron chi connectivity index (χ1n) is 9.74.